The Morgan fingerprint density at radius 3 is 2.50 bits per heavy atom. The molecule has 10 heavy (non-hydrogen) atoms. The van der Waals surface area contributed by atoms with Crippen molar-refractivity contribution in [2.75, 3.05) is 19.8 Å². The summed E-state index contributed by atoms with van der Waals surface area (Å²) < 4.78 is 10.9. The molecule has 0 amide bonds. The smallest absolute Gasteiger partial charge is 0.227 e. The van der Waals surface area contributed by atoms with E-state index in [0.29, 0.717) is 0 Å². The highest BCUT2D eigenvalue weighted by atomic mass is 16.8. The molecule has 3 heteroatoms. The number of rotatable bonds is 0. The molecule has 58 valence electrons. The van der Waals surface area contributed by atoms with Crippen LogP contribution in [-0.4, -0.2) is 25.7 Å². The van der Waals surface area contributed by atoms with Crippen molar-refractivity contribution >= 4 is 0 Å². The lowest BCUT2D eigenvalue weighted by Gasteiger charge is -2.31. The van der Waals surface area contributed by atoms with Gasteiger partial charge >= 0.3 is 0 Å². The minimum Gasteiger partial charge on any atom is -0.335 e. The van der Waals surface area contributed by atoms with Crippen LogP contribution in [-0.2, 0) is 9.47 Å². The van der Waals surface area contributed by atoms with E-state index in [0.717, 1.165) is 26.2 Å². The zero-order chi connectivity index (χ0) is 6.86. The van der Waals surface area contributed by atoms with E-state index in [1.807, 2.05) is 0 Å². The summed E-state index contributed by atoms with van der Waals surface area (Å²) in [6.07, 6.45) is 3.47. The summed E-state index contributed by atoms with van der Waals surface area (Å²) >= 11 is 0. The first kappa shape index (κ1) is 6.58. The Bertz CT molecular complexity index is 113. The van der Waals surface area contributed by atoms with Gasteiger partial charge in [0.2, 0.25) is 5.91 Å². The van der Waals surface area contributed by atoms with E-state index in [4.69, 9.17) is 9.47 Å². The number of piperidine rings is 1. The minimum atomic E-state index is -0.377. The predicted molar refractivity (Wildman–Crippen MR) is 36.5 cm³/mol. The molecule has 2 aliphatic heterocycles. The molecule has 3 nitrogen and oxygen atoms in total. The highest BCUT2D eigenvalue weighted by Crippen LogP contribution is 2.25. The zero-order valence-electron chi connectivity index (χ0n) is 6.06. The molecule has 0 saturated carbocycles. The predicted octanol–water partition coefficient (Wildman–Crippen LogP) is 0.460. The maximum Gasteiger partial charge on any atom is 0.227 e. The molecule has 0 bridgehead atoms. The summed E-state index contributed by atoms with van der Waals surface area (Å²) in [6.45, 7) is 2.51. The summed E-state index contributed by atoms with van der Waals surface area (Å²) in [7, 11) is 0. The first-order valence-electron chi connectivity index (χ1n) is 3.94. The molecule has 1 N–H and O–H groups in total. The molecule has 0 radical (unpaired) electrons. The fourth-order valence-corrected chi connectivity index (χ4v) is 1.55. The Labute approximate surface area is 60.7 Å². The van der Waals surface area contributed by atoms with Crippen molar-refractivity contribution in [2.24, 2.45) is 0 Å². The average molecular weight is 143 g/mol. The Morgan fingerprint density at radius 2 is 1.90 bits per heavy atom. The molecule has 0 unspecified atom stereocenters. The van der Waals surface area contributed by atoms with Crippen LogP contribution in [0.2, 0.25) is 0 Å². The molecule has 1 spiro atoms. The van der Waals surface area contributed by atoms with E-state index in [2.05, 4.69) is 5.32 Å². The van der Waals surface area contributed by atoms with E-state index in [1.165, 1.54) is 12.8 Å². The molecule has 2 fully saturated rings. The molecule has 0 aromatic rings. The third-order valence-corrected chi connectivity index (χ3v) is 2.08. The van der Waals surface area contributed by atoms with Gasteiger partial charge in [-0.3, -0.25) is 5.32 Å². The summed E-state index contributed by atoms with van der Waals surface area (Å²) in [4.78, 5) is 0. The Hall–Kier alpha value is -0.120. The zero-order valence-corrected chi connectivity index (χ0v) is 6.06. The van der Waals surface area contributed by atoms with Gasteiger partial charge in [-0.25, -0.2) is 0 Å². The van der Waals surface area contributed by atoms with Crippen LogP contribution in [0.3, 0.4) is 0 Å². The van der Waals surface area contributed by atoms with E-state index in [-0.39, 0.29) is 5.91 Å². The lowest BCUT2D eigenvalue weighted by Crippen LogP contribution is -2.49. The summed E-state index contributed by atoms with van der Waals surface area (Å²) in [5.74, 6) is -0.377. The van der Waals surface area contributed by atoms with E-state index < -0.39 is 0 Å². The second-order valence-corrected chi connectivity index (χ2v) is 2.83. The third kappa shape index (κ3) is 1.05. The SMILES string of the molecule is C1CCC2(NC1)OCCO2. The van der Waals surface area contributed by atoms with Gasteiger partial charge in [-0.05, 0) is 12.8 Å². The van der Waals surface area contributed by atoms with E-state index in [1.54, 1.807) is 0 Å². The van der Waals surface area contributed by atoms with Crippen molar-refractivity contribution in [1.29, 1.82) is 0 Å². The van der Waals surface area contributed by atoms with Crippen molar-refractivity contribution in [3.8, 4) is 0 Å². The highest BCUT2D eigenvalue weighted by Gasteiger charge is 2.37. The fourth-order valence-electron chi connectivity index (χ4n) is 1.55. The van der Waals surface area contributed by atoms with Crippen molar-refractivity contribution in [1.82, 2.24) is 5.32 Å². The Kier molecular flexibility index (Phi) is 1.64. The van der Waals surface area contributed by atoms with Gasteiger partial charge in [0.15, 0.2) is 0 Å². The van der Waals surface area contributed by atoms with Gasteiger partial charge in [-0.2, -0.15) is 0 Å². The first-order valence-corrected chi connectivity index (χ1v) is 3.94. The molecule has 2 rings (SSSR count). The van der Waals surface area contributed by atoms with Crippen LogP contribution in [0.15, 0.2) is 0 Å². The summed E-state index contributed by atoms with van der Waals surface area (Å²) in [5, 5.41) is 3.25. The van der Waals surface area contributed by atoms with Crippen LogP contribution in [0.1, 0.15) is 19.3 Å². The molecule has 0 aliphatic carbocycles. The van der Waals surface area contributed by atoms with E-state index >= 15 is 0 Å². The van der Waals surface area contributed by atoms with Gasteiger partial charge in [-0.15, -0.1) is 0 Å². The molecule has 0 aromatic heterocycles. The monoisotopic (exact) mass is 143 g/mol. The number of nitrogens with one attached hydrogen (secondary N) is 1. The van der Waals surface area contributed by atoms with Gasteiger partial charge in [0.1, 0.15) is 0 Å². The summed E-state index contributed by atoms with van der Waals surface area (Å²) in [5.41, 5.74) is 0. The molecule has 2 heterocycles. The highest BCUT2D eigenvalue weighted by molar-refractivity contribution is 4.75. The fraction of sp³-hybridized carbons (Fsp3) is 1.00. The lowest BCUT2D eigenvalue weighted by atomic mass is 10.1. The normalized spacial score (nSPS) is 31.2. The van der Waals surface area contributed by atoms with Crippen LogP contribution in [0.5, 0.6) is 0 Å². The molecule has 2 aliphatic rings. The quantitative estimate of drug-likeness (QED) is 0.534. The topological polar surface area (TPSA) is 30.5 Å². The van der Waals surface area contributed by atoms with Crippen molar-refractivity contribution in [2.45, 2.75) is 25.2 Å². The maximum absolute atomic E-state index is 5.45. The van der Waals surface area contributed by atoms with Crippen LogP contribution < -0.4 is 5.32 Å². The van der Waals surface area contributed by atoms with Gasteiger partial charge in [0, 0.05) is 13.0 Å². The molecular formula is C7H13NO2. The number of hydrogen-bond acceptors (Lipinski definition) is 3. The van der Waals surface area contributed by atoms with Crippen LogP contribution in [0.25, 0.3) is 0 Å². The minimum absolute atomic E-state index is 0.377. The van der Waals surface area contributed by atoms with Crippen molar-refractivity contribution in [3.05, 3.63) is 0 Å². The van der Waals surface area contributed by atoms with Gasteiger partial charge in [0.05, 0.1) is 13.2 Å². The molecule has 0 atom stereocenters. The lowest BCUT2D eigenvalue weighted by molar-refractivity contribution is -0.194. The largest absolute Gasteiger partial charge is 0.335 e. The van der Waals surface area contributed by atoms with Gasteiger partial charge in [0.25, 0.3) is 0 Å². The van der Waals surface area contributed by atoms with Crippen molar-refractivity contribution in [3.63, 3.8) is 0 Å². The molecule has 2 saturated heterocycles. The standard InChI is InChI=1S/C7H13NO2/c1-2-4-8-7(3-1)9-5-6-10-7/h8H,1-6H2. The maximum atomic E-state index is 5.45. The number of hydrogen-bond donors (Lipinski definition) is 1. The van der Waals surface area contributed by atoms with Gasteiger partial charge in [-0.1, -0.05) is 0 Å². The summed E-state index contributed by atoms with van der Waals surface area (Å²) in [6, 6.07) is 0. The van der Waals surface area contributed by atoms with Crippen LogP contribution in [0.4, 0.5) is 0 Å². The second kappa shape index (κ2) is 2.49. The second-order valence-electron chi connectivity index (χ2n) is 2.83. The Balaban J connectivity index is 1.98. The Morgan fingerprint density at radius 1 is 1.10 bits per heavy atom. The molecular weight excluding hydrogens is 130 g/mol. The van der Waals surface area contributed by atoms with Crippen molar-refractivity contribution < 1.29 is 9.47 Å². The molecule has 0 aromatic carbocycles. The van der Waals surface area contributed by atoms with Crippen LogP contribution >= 0.6 is 0 Å². The third-order valence-electron chi connectivity index (χ3n) is 2.08. The van der Waals surface area contributed by atoms with Gasteiger partial charge < -0.3 is 9.47 Å². The average Bonchev–Trinajstić information content (AvgIpc) is 2.39. The number of ether oxygens (including phenoxy) is 2. The first-order chi connectivity index (χ1) is 4.91. The van der Waals surface area contributed by atoms with E-state index in [9.17, 15) is 0 Å². The van der Waals surface area contributed by atoms with Crippen LogP contribution in [0, 0.1) is 0 Å².